The number of hydrogen-bond donors (Lipinski definition) is 1. The maximum absolute atomic E-state index is 13.4. The first kappa shape index (κ1) is 18.2. The number of carbonyl (C=O) groups is 2. The lowest BCUT2D eigenvalue weighted by Crippen LogP contribution is -2.36. The Bertz CT molecular complexity index is 1330. The summed E-state index contributed by atoms with van der Waals surface area (Å²) in [4.78, 5) is 28.5. The van der Waals surface area contributed by atoms with Crippen molar-refractivity contribution in [2.45, 2.75) is 38.8 Å². The van der Waals surface area contributed by atoms with Crippen molar-refractivity contribution in [2.24, 2.45) is 0 Å². The summed E-state index contributed by atoms with van der Waals surface area (Å²) >= 11 is 0. The van der Waals surface area contributed by atoms with Crippen LogP contribution in [0.1, 0.15) is 43.6 Å². The molecule has 31 heavy (non-hydrogen) atoms. The minimum atomic E-state index is -0.613. The van der Waals surface area contributed by atoms with Crippen molar-refractivity contribution in [2.75, 3.05) is 11.4 Å². The lowest BCUT2D eigenvalue weighted by molar-refractivity contribution is -0.116. The van der Waals surface area contributed by atoms with E-state index in [2.05, 4.69) is 22.3 Å². The third-order valence-electron chi connectivity index (χ3n) is 6.25. The molecule has 3 aliphatic rings. The van der Waals surface area contributed by atoms with Gasteiger partial charge in [-0.1, -0.05) is 36.4 Å². The number of ether oxygens (including phenoxy) is 1. The summed E-state index contributed by atoms with van der Waals surface area (Å²) in [6.07, 6.45) is 0.342. The highest BCUT2D eigenvalue weighted by molar-refractivity contribution is 6.15. The summed E-state index contributed by atoms with van der Waals surface area (Å²) in [6.45, 7) is 6.08. The largest absolute Gasteiger partial charge is 0.443 e. The lowest BCUT2D eigenvalue weighted by Gasteiger charge is -2.34. The number of nitrogens with zero attached hydrogens (tertiary/aromatic N) is 2. The summed E-state index contributed by atoms with van der Waals surface area (Å²) in [6, 6.07) is 15.9. The van der Waals surface area contributed by atoms with Gasteiger partial charge < -0.3 is 15.0 Å². The van der Waals surface area contributed by atoms with Crippen LogP contribution in [0.3, 0.4) is 0 Å². The van der Waals surface area contributed by atoms with Crippen LogP contribution in [0.4, 0.5) is 10.5 Å². The van der Waals surface area contributed by atoms with Crippen LogP contribution in [0.5, 0.6) is 0 Å². The molecule has 3 aliphatic heterocycles. The summed E-state index contributed by atoms with van der Waals surface area (Å²) < 4.78 is 7.55. The lowest BCUT2D eigenvalue weighted by atomic mass is 9.92. The SMILES string of the molecule is CC(C)(C)OC(=O)n1c2c(c3ccccc31)C1=C(C(=O)NC1)N1c3ccccc3CC21. The van der Waals surface area contributed by atoms with Gasteiger partial charge in [-0.2, -0.15) is 0 Å². The number of benzene rings is 2. The van der Waals surface area contributed by atoms with E-state index in [-0.39, 0.29) is 18.0 Å². The Morgan fingerprint density at radius 1 is 1.10 bits per heavy atom. The van der Waals surface area contributed by atoms with Gasteiger partial charge in [-0.15, -0.1) is 0 Å². The van der Waals surface area contributed by atoms with Crippen LogP contribution in [-0.2, 0) is 16.0 Å². The second-order valence-corrected chi connectivity index (χ2v) is 9.32. The van der Waals surface area contributed by atoms with Crippen molar-refractivity contribution in [3.63, 3.8) is 0 Å². The number of hydrogen-bond acceptors (Lipinski definition) is 4. The van der Waals surface area contributed by atoms with Gasteiger partial charge in [-0.05, 0) is 38.5 Å². The fourth-order valence-corrected chi connectivity index (χ4v) is 5.21. The highest BCUT2D eigenvalue weighted by Gasteiger charge is 2.47. The Balaban J connectivity index is 1.68. The molecule has 0 fully saturated rings. The molecular formula is C25H23N3O3. The van der Waals surface area contributed by atoms with Gasteiger partial charge in [-0.3, -0.25) is 4.79 Å². The van der Waals surface area contributed by atoms with Crippen molar-refractivity contribution in [1.29, 1.82) is 0 Å². The predicted molar refractivity (Wildman–Crippen MR) is 119 cm³/mol. The first-order chi connectivity index (χ1) is 14.8. The fourth-order valence-electron chi connectivity index (χ4n) is 5.21. The maximum Gasteiger partial charge on any atom is 0.419 e. The van der Waals surface area contributed by atoms with E-state index in [1.165, 1.54) is 5.56 Å². The molecule has 1 N–H and O–H groups in total. The van der Waals surface area contributed by atoms with Crippen LogP contribution in [0.25, 0.3) is 16.5 Å². The molecule has 1 aromatic heterocycles. The minimum Gasteiger partial charge on any atom is -0.443 e. The molecule has 6 nitrogen and oxygen atoms in total. The smallest absolute Gasteiger partial charge is 0.419 e. The van der Waals surface area contributed by atoms with Gasteiger partial charge in [0, 0.05) is 35.2 Å². The van der Waals surface area contributed by atoms with Crippen LogP contribution >= 0.6 is 0 Å². The van der Waals surface area contributed by atoms with Crippen LogP contribution in [0, 0.1) is 0 Å². The molecule has 156 valence electrons. The van der Waals surface area contributed by atoms with E-state index in [0.29, 0.717) is 12.2 Å². The van der Waals surface area contributed by atoms with Crippen LogP contribution in [0.2, 0.25) is 0 Å². The molecule has 0 aliphatic carbocycles. The Morgan fingerprint density at radius 2 is 1.84 bits per heavy atom. The third-order valence-corrected chi connectivity index (χ3v) is 6.25. The van der Waals surface area contributed by atoms with E-state index in [9.17, 15) is 9.59 Å². The highest BCUT2D eigenvalue weighted by Crippen LogP contribution is 2.52. The fraction of sp³-hybridized carbons (Fsp3) is 0.280. The van der Waals surface area contributed by atoms with E-state index in [4.69, 9.17) is 4.74 Å². The molecule has 6 rings (SSSR count). The summed E-state index contributed by atoms with van der Waals surface area (Å²) in [5, 5.41) is 3.98. The van der Waals surface area contributed by atoms with Crippen molar-refractivity contribution < 1.29 is 14.3 Å². The van der Waals surface area contributed by atoms with Gasteiger partial charge in [0.15, 0.2) is 0 Å². The van der Waals surface area contributed by atoms with E-state index >= 15 is 0 Å². The Labute approximate surface area is 180 Å². The van der Waals surface area contributed by atoms with Gasteiger partial charge in [-0.25, -0.2) is 9.36 Å². The normalized spacial score (nSPS) is 19.1. The Morgan fingerprint density at radius 3 is 2.65 bits per heavy atom. The second kappa shape index (κ2) is 6.00. The second-order valence-electron chi connectivity index (χ2n) is 9.32. The predicted octanol–water partition coefficient (Wildman–Crippen LogP) is 4.38. The molecular weight excluding hydrogens is 390 g/mol. The zero-order valence-corrected chi connectivity index (χ0v) is 17.7. The quantitative estimate of drug-likeness (QED) is 0.594. The first-order valence-corrected chi connectivity index (χ1v) is 10.6. The zero-order chi connectivity index (χ0) is 21.5. The molecule has 0 radical (unpaired) electrons. The Hall–Kier alpha value is -3.54. The van der Waals surface area contributed by atoms with E-state index < -0.39 is 5.60 Å². The van der Waals surface area contributed by atoms with Gasteiger partial charge in [0.1, 0.15) is 11.3 Å². The number of para-hydroxylation sites is 2. The average molecular weight is 413 g/mol. The molecule has 0 spiro atoms. The highest BCUT2D eigenvalue weighted by atomic mass is 16.6. The average Bonchev–Trinajstić information content (AvgIpc) is 3.37. The van der Waals surface area contributed by atoms with Crippen LogP contribution in [0.15, 0.2) is 54.2 Å². The molecule has 3 aromatic rings. The molecule has 2 aromatic carbocycles. The molecule has 1 unspecified atom stereocenters. The number of anilines is 1. The maximum atomic E-state index is 13.4. The number of amides is 1. The van der Waals surface area contributed by atoms with Gasteiger partial charge in [0.05, 0.1) is 17.3 Å². The van der Waals surface area contributed by atoms with E-state index in [1.807, 2.05) is 57.2 Å². The minimum absolute atomic E-state index is 0.0588. The van der Waals surface area contributed by atoms with Gasteiger partial charge in [0.25, 0.3) is 5.91 Å². The molecule has 4 heterocycles. The van der Waals surface area contributed by atoms with E-state index in [1.54, 1.807) is 4.57 Å². The summed E-state index contributed by atoms with van der Waals surface area (Å²) in [5.74, 6) is -0.0588. The number of fused-ring (bicyclic) bond motifs is 9. The molecule has 0 saturated carbocycles. The monoisotopic (exact) mass is 413 g/mol. The number of nitrogens with one attached hydrogen (secondary N) is 1. The standard InChI is InChI=1S/C25H23N3O3/c1-25(2,3)31-24(30)28-18-11-7-5-9-15(18)20-16-13-26-23(29)21(16)27-17-10-6-4-8-14(17)12-19(27)22(20)28/h4-11,19H,12-13H2,1-3H3,(H,26,29). The first-order valence-electron chi connectivity index (χ1n) is 10.6. The number of rotatable bonds is 0. The molecule has 0 saturated heterocycles. The molecule has 1 amide bonds. The summed E-state index contributed by atoms with van der Waals surface area (Å²) in [5.41, 5.74) is 5.95. The molecule has 6 heteroatoms. The van der Waals surface area contributed by atoms with Crippen molar-refractivity contribution in [3.05, 3.63) is 71.0 Å². The van der Waals surface area contributed by atoms with Crippen molar-refractivity contribution in [3.8, 4) is 0 Å². The topological polar surface area (TPSA) is 63.6 Å². The molecule has 1 atom stereocenters. The number of aromatic nitrogens is 1. The third kappa shape index (κ3) is 2.45. The van der Waals surface area contributed by atoms with Crippen molar-refractivity contribution >= 4 is 34.2 Å². The zero-order valence-electron chi connectivity index (χ0n) is 17.7. The van der Waals surface area contributed by atoms with E-state index in [0.717, 1.165) is 39.8 Å². The number of carbonyl (C=O) groups excluding carboxylic acids is 2. The van der Waals surface area contributed by atoms with Crippen LogP contribution < -0.4 is 10.2 Å². The van der Waals surface area contributed by atoms with Crippen LogP contribution in [-0.4, -0.2) is 28.7 Å². The summed E-state index contributed by atoms with van der Waals surface area (Å²) in [7, 11) is 0. The molecule has 0 bridgehead atoms. The van der Waals surface area contributed by atoms with Gasteiger partial charge >= 0.3 is 6.09 Å². The van der Waals surface area contributed by atoms with Gasteiger partial charge in [0.2, 0.25) is 0 Å². The Kier molecular flexibility index (Phi) is 3.53. The van der Waals surface area contributed by atoms with Crippen molar-refractivity contribution in [1.82, 2.24) is 9.88 Å².